The third-order valence-corrected chi connectivity index (χ3v) is 3.72. The van der Waals surface area contributed by atoms with Crippen LogP contribution in [0.15, 0.2) is 60.9 Å². The van der Waals surface area contributed by atoms with Gasteiger partial charge in [0.1, 0.15) is 6.04 Å². The van der Waals surface area contributed by atoms with E-state index in [1.54, 1.807) is 6.20 Å². The number of pyridine rings is 1. The lowest BCUT2D eigenvalue weighted by Gasteiger charge is -2.16. The Hall–Kier alpha value is -2.77. The molecule has 0 amide bonds. The number of hydrogen-bond acceptors (Lipinski definition) is 4. The SMILES string of the molecule is N#CC(CNc1cccc(Cl)c1)Nc1cncc2ccccc12. The molecule has 5 heteroatoms. The van der Waals surface area contributed by atoms with E-state index in [-0.39, 0.29) is 6.04 Å². The number of fused-ring (bicyclic) bond motifs is 1. The van der Waals surface area contributed by atoms with Gasteiger partial charge in [0, 0.05) is 34.2 Å². The van der Waals surface area contributed by atoms with Crippen molar-refractivity contribution in [3.8, 4) is 6.07 Å². The zero-order chi connectivity index (χ0) is 16.1. The van der Waals surface area contributed by atoms with Gasteiger partial charge in [0.15, 0.2) is 0 Å². The van der Waals surface area contributed by atoms with Gasteiger partial charge in [0.25, 0.3) is 0 Å². The molecule has 0 radical (unpaired) electrons. The van der Waals surface area contributed by atoms with Crippen LogP contribution in [0.25, 0.3) is 10.8 Å². The smallest absolute Gasteiger partial charge is 0.132 e. The highest BCUT2D eigenvalue weighted by atomic mass is 35.5. The summed E-state index contributed by atoms with van der Waals surface area (Å²) in [6.45, 7) is 0.458. The summed E-state index contributed by atoms with van der Waals surface area (Å²) in [6, 6.07) is 17.3. The summed E-state index contributed by atoms with van der Waals surface area (Å²) in [5.74, 6) is 0. The molecule has 0 fully saturated rings. The van der Waals surface area contributed by atoms with Gasteiger partial charge in [0.05, 0.1) is 18.0 Å². The highest BCUT2D eigenvalue weighted by Crippen LogP contribution is 2.22. The van der Waals surface area contributed by atoms with Gasteiger partial charge < -0.3 is 10.6 Å². The second-order valence-electron chi connectivity index (χ2n) is 5.13. The first kappa shape index (κ1) is 15.1. The maximum absolute atomic E-state index is 9.39. The fraction of sp³-hybridized carbons (Fsp3) is 0.111. The zero-order valence-electron chi connectivity index (χ0n) is 12.3. The third-order valence-electron chi connectivity index (χ3n) is 3.49. The van der Waals surface area contributed by atoms with Gasteiger partial charge >= 0.3 is 0 Å². The molecular formula is C18H15ClN4. The summed E-state index contributed by atoms with van der Waals surface area (Å²) in [4.78, 5) is 4.22. The van der Waals surface area contributed by atoms with Crippen LogP contribution >= 0.6 is 11.6 Å². The van der Waals surface area contributed by atoms with E-state index in [1.165, 1.54) is 0 Å². The minimum atomic E-state index is -0.387. The molecule has 0 aliphatic carbocycles. The monoisotopic (exact) mass is 322 g/mol. The molecule has 1 heterocycles. The number of benzene rings is 2. The first-order valence-electron chi connectivity index (χ1n) is 7.24. The van der Waals surface area contributed by atoms with Gasteiger partial charge in [-0.05, 0) is 18.2 Å². The van der Waals surface area contributed by atoms with Gasteiger partial charge in [-0.25, -0.2) is 0 Å². The number of aromatic nitrogens is 1. The lowest BCUT2D eigenvalue weighted by Crippen LogP contribution is -2.26. The van der Waals surface area contributed by atoms with E-state index >= 15 is 0 Å². The maximum Gasteiger partial charge on any atom is 0.132 e. The highest BCUT2D eigenvalue weighted by molar-refractivity contribution is 6.30. The van der Waals surface area contributed by atoms with E-state index in [0.29, 0.717) is 11.6 Å². The molecule has 0 spiro atoms. The molecule has 1 aromatic heterocycles. The largest absolute Gasteiger partial charge is 0.382 e. The van der Waals surface area contributed by atoms with Crippen LogP contribution in [0.5, 0.6) is 0 Å². The van der Waals surface area contributed by atoms with E-state index in [9.17, 15) is 5.26 Å². The second kappa shape index (κ2) is 6.99. The normalized spacial score (nSPS) is 11.7. The summed E-state index contributed by atoms with van der Waals surface area (Å²) in [5, 5.41) is 18.6. The molecule has 2 aromatic carbocycles. The maximum atomic E-state index is 9.39. The number of nitrogens with one attached hydrogen (secondary N) is 2. The Balaban J connectivity index is 1.73. The van der Waals surface area contributed by atoms with Crippen LogP contribution in [0.2, 0.25) is 5.02 Å². The van der Waals surface area contributed by atoms with Crippen LogP contribution in [0.3, 0.4) is 0 Å². The van der Waals surface area contributed by atoms with Gasteiger partial charge in [-0.15, -0.1) is 0 Å². The molecule has 0 saturated carbocycles. The van der Waals surface area contributed by atoms with Crippen LogP contribution < -0.4 is 10.6 Å². The van der Waals surface area contributed by atoms with Crippen LogP contribution in [0, 0.1) is 11.3 Å². The van der Waals surface area contributed by atoms with Crippen LogP contribution in [0.4, 0.5) is 11.4 Å². The minimum absolute atomic E-state index is 0.387. The van der Waals surface area contributed by atoms with E-state index in [1.807, 2.05) is 54.7 Å². The first-order chi connectivity index (χ1) is 11.3. The van der Waals surface area contributed by atoms with Crippen molar-refractivity contribution in [2.45, 2.75) is 6.04 Å². The summed E-state index contributed by atoms with van der Waals surface area (Å²) in [6.07, 6.45) is 3.55. The van der Waals surface area contributed by atoms with Crippen molar-refractivity contribution in [3.63, 3.8) is 0 Å². The molecule has 114 valence electrons. The number of rotatable bonds is 5. The van der Waals surface area contributed by atoms with E-state index in [4.69, 9.17) is 11.6 Å². The summed E-state index contributed by atoms with van der Waals surface area (Å²) in [7, 11) is 0. The van der Waals surface area contributed by atoms with E-state index < -0.39 is 0 Å². The number of nitrogens with zero attached hydrogens (tertiary/aromatic N) is 2. The zero-order valence-corrected chi connectivity index (χ0v) is 13.1. The van der Waals surface area contributed by atoms with Crippen molar-refractivity contribution >= 4 is 33.7 Å². The van der Waals surface area contributed by atoms with Crippen molar-refractivity contribution in [3.05, 3.63) is 65.9 Å². The van der Waals surface area contributed by atoms with Crippen molar-refractivity contribution in [2.24, 2.45) is 0 Å². The summed E-state index contributed by atoms with van der Waals surface area (Å²) >= 11 is 5.96. The molecule has 3 aromatic rings. The average molecular weight is 323 g/mol. The van der Waals surface area contributed by atoms with Crippen molar-refractivity contribution in [1.29, 1.82) is 5.26 Å². The summed E-state index contributed by atoms with van der Waals surface area (Å²) < 4.78 is 0. The molecular weight excluding hydrogens is 308 g/mol. The predicted molar refractivity (Wildman–Crippen MR) is 94.7 cm³/mol. The molecule has 3 rings (SSSR count). The summed E-state index contributed by atoms with van der Waals surface area (Å²) in [5.41, 5.74) is 1.73. The molecule has 2 N–H and O–H groups in total. The minimum Gasteiger partial charge on any atom is -0.382 e. The lowest BCUT2D eigenvalue weighted by atomic mass is 10.1. The average Bonchev–Trinajstić information content (AvgIpc) is 2.59. The van der Waals surface area contributed by atoms with Gasteiger partial charge in [-0.2, -0.15) is 5.26 Å². The number of halogens is 1. The highest BCUT2D eigenvalue weighted by Gasteiger charge is 2.09. The standard InChI is InChI=1S/C18H15ClN4/c19-14-5-3-6-15(8-14)22-11-16(9-20)23-18-12-21-10-13-4-1-2-7-17(13)18/h1-8,10,12,16,22-23H,11H2. The number of nitriles is 1. The Labute approximate surface area is 139 Å². The second-order valence-corrected chi connectivity index (χ2v) is 5.56. The topological polar surface area (TPSA) is 60.7 Å². The van der Waals surface area contributed by atoms with Gasteiger partial charge in [-0.3, -0.25) is 4.98 Å². The molecule has 0 aliphatic rings. The number of hydrogen-bond donors (Lipinski definition) is 2. The third kappa shape index (κ3) is 3.71. The Morgan fingerprint density at radius 3 is 2.83 bits per heavy atom. The molecule has 0 saturated heterocycles. The van der Waals surface area contributed by atoms with E-state index in [2.05, 4.69) is 21.7 Å². The predicted octanol–water partition coefficient (Wildman–Crippen LogP) is 4.30. The lowest BCUT2D eigenvalue weighted by molar-refractivity contribution is 0.928. The molecule has 0 bridgehead atoms. The molecule has 1 atom stereocenters. The van der Waals surface area contributed by atoms with Crippen molar-refractivity contribution in [2.75, 3.05) is 17.2 Å². The Kier molecular flexibility index (Phi) is 4.60. The fourth-order valence-corrected chi connectivity index (χ4v) is 2.56. The molecule has 4 nitrogen and oxygen atoms in total. The van der Waals surface area contributed by atoms with Gasteiger partial charge in [-0.1, -0.05) is 41.9 Å². The van der Waals surface area contributed by atoms with Crippen LogP contribution in [-0.4, -0.2) is 17.6 Å². The number of anilines is 2. The Morgan fingerprint density at radius 2 is 2.00 bits per heavy atom. The molecule has 23 heavy (non-hydrogen) atoms. The quantitative estimate of drug-likeness (QED) is 0.735. The Morgan fingerprint density at radius 1 is 1.13 bits per heavy atom. The van der Waals surface area contributed by atoms with Crippen LogP contribution in [-0.2, 0) is 0 Å². The van der Waals surface area contributed by atoms with Crippen molar-refractivity contribution in [1.82, 2.24) is 4.98 Å². The van der Waals surface area contributed by atoms with Gasteiger partial charge in [0.2, 0.25) is 0 Å². The molecule has 1 unspecified atom stereocenters. The van der Waals surface area contributed by atoms with Crippen molar-refractivity contribution < 1.29 is 0 Å². The van der Waals surface area contributed by atoms with E-state index in [0.717, 1.165) is 22.1 Å². The van der Waals surface area contributed by atoms with Crippen LogP contribution in [0.1, 0.15) is 0 Å². The molecule has 0 aliphatic heterocycles. The fourth-order valence-electron chi connectivity index (χ4n) is 2.37. The Bertz CT molecular complexity index is 852. The first-order valence-corrected chi connectivity index (χ1v) is 7.62.